The first-order chi connectivity index (χ1) is 17.0. The van der Waals surface area contributed by atoms with Crippen LogP contribution in [0, 0.1) is 29.1 Å². The molecule has 0 radical (unpaired) electrons. The third-order valence-corrected chi connectivity index (χ3v) is 6.13. The Morgan fingerprint density at radius 2 is 1.72 bits per heavy atom. The Balaban J connectivity index is 0.000000358. The molecule has 0 spiro atoms. The van der Waals surface area contributed by atoms with Crippen LogP contribution in [0.3, 0.4) is 0 Å². The average Bonchev–Trinajstić information content (AvgIpc) is 3.39. The largest absolute Gasteiger partial charge is 0.427 e. The summed E-state index contributed by atoms with van der Waals surface area (Å²) in [5.41, 5.74) is 0.0926. The maximum atomic E-state index is 12.6. The molecular formula is C27H42O9. The summed E-state index contributed by atoms with van der Waals surface area (Å²) < 4.78 is 15.1. The normalized spacial score (nSPS) is 24.0. The van der Waals surface area contributed by atoms with E-state index >= 15 is 0 Å². The first kappa shape index (κ1) is 31.9. The van der Waals surface area contributed by atoms with Crippen molar-refractivity contribution in [3.05, 3.63) is 29.8 Å². The lowest BCUT2D eigenvalue weighted by atomic mass is 9.89. The molecule has 36 heavy (non-hydrogen) atoms. The minimum atomic E-state index is -0.693. The van der Waals surface area contributed by atoms with Gasteiger partial charge in [-0.25, -0.2) is 0 Å². The molecular weight excluding hydrogens is 468 g/mol. The number of aliphatic hydroxyl groups excluding tert-OH is 3. The molecule has 204 valence electrons. The number of aliphatic hydroxyl groups is 3. The second kappa shape index (κ2) is 15.2. The van der Waals surface area contributed by atoms with Crippen LogP contribution >= 0.6 is 0 Å². The number of ether oxygens (including phenoxy) is 3. The molecule has 2 aliphatic carbocycles. The highest BCUT2D eigenvalue weighted by atomic mass is 16.7. The van der Waals surface area contributed by atoms with Gasteiger partial charge in [0, 0.05) is 37.0 Å². The fraction of sp³-hybridized carbons (Fsp3) is 0.667. The molecule has 2 aliphatic rings. The summed E-state index contributed by atoms with van der Waals surface area (Å²) in [5.74, 6) is -0.862. The molecule has 9 heteroatoms. The standard InChI is InChI=1S/C16H16O5.C6H14O2.C5H12O2/c1-8(18)21-10-4-2-3-9(5-10)16(20)15-13(19)6-11-12(7-17)14(11)15;1-4-7-6(3)8-5-2;1-5(2,3-6)4-7/h2-5,7,11-15,19H,6H2,1H3;6H,4-5H2,1-3H3;6-7H,3-4H2,1-2H3. The third-order valence-electron chi connectivity index (χ3n) is 6.13. The van der Waals surface area contributed by atoms with Crippen LogP contribution < -0.4 is 4.74 Å². The summed E-state index contributed by atoms with van der Waals surface area (Å²) in [4.78, 5) is 34.5. The highest BCUT2D eigenvalue weighted by molar-refractivity contribution is 5.99. The Hall–Kier alpha value is -2.17. The van der Waals surface area contributed by atoms with Gasteiger partial charge in [0.25, 0.3) is 0 Å². The Morgan fingerprint density at radius 1 is 1.14 bits per heavy atom. The number of aldehydes is 1. The average molecular weight is 511 g/mol. The van der Waals surface area contributed by atoms with Crippen molar-refractivity contribution in [3.63, 3.8) is 0 Å². The summed E-state index contributed by atoms with van der Waals surface area (Å²) in [5, 5.41) is 26.9. The smallest absolute Gasteiger partial charge is 0.308 e. The molecule has 5 unspecified atom stereocenters. The Kier molecular flexibility index (Phi) is 13.4. The van der Waals surface area contributed by atoms with Gasteiger partial charge in [-0.05, 0) is 51.2 Å². The number of hydrogen-bond donors (Lipinski definition) is 3. The predicted octanol–water partition coefficient (Wildman–Crippen LogP) is 2.64. The highest BCUT2D eigenvalue weighted by Crippen LogP contribution is 2.60. The van der Waals surface area contributed by atoms with Crippen molar-refractivity contribution in [1.29, 1.82) is 0 Å². The Labute approximate surface area is 213 Å². The molecule has 3 N–H and O–H groups in total. The van der Waals surface area contributed by atoms with Gasteiger partial charge in [-0.2, -0.15) is 0 Å². The van der Waals surface area contributed by atoms with E-state index in [1.54, 1.807) is 32.0 Å². The topological polar surface area (TPSA) is 140 Å². The van der Waals surface area contributed by atoms with Crippen LogP contribution in [0.15, 0.2) is 24.3 Å². The van der Waals surface area contributed by atoms with Crippen molar-refractivity contribution in [3.8, 4) is 5.75 Å². The zero-order valence-corrected chi connectivity index (χ0v) is 22.2. The number of rotatable bonds is 10. The van der Waals surface area contributed by atoms with E-state index in [9.17, 15) is 19.5 Å². The molecule has 2 saturated carbocycles. The third kappa shape index (κ3) is 9.71. The SMILES string of the molecule is CC(=O)Oc1cccc(C(=O)C2C(O)CC3C(C=O)C32)c1.CC(C)(CO)CO.CCOC(C)OCC. The first-order valence-corrected chi connectivity index (χ1v) is 12.4. The van der Waals surface area contributed by atoms with Crippen LogP contribution in [-0.4, -0.2) is 72.2 Å². The second-order valence-electron chi connectivity index (χ2n) is 9.73. The van der Waals surface area contributed by atoms with E-state index in [2.05, 4.69) is 0 Å². The first-order valence-electron chi connectivity index (χ1n) is 12.4. The van der Waals surface area contributed by atoms with Gasteiger partial charge in [-0.1, -0.05) is 26.0 Å². The predicted molar refractivity (Wildman–Crippen MR) is 133 cm³/mol. The van der Waals surface area contributed by atoms with Crippen molar-refractivity contribution >= 4 is 18.0 Å². The van der Waals surface area contributed by atoms with Crippen LogP contribution in [0.1, 0.15) is 58.3 Å². The minimum Gasteiger partial charge on any atom is -0.427 e. The van der Waals surface area contributed by atoms with Gasteiger partial charge in [0.05, 0.1) is 25.2 Å². The van der Waals surface area contributed by atoms with Crippen LogP contribution in [0.25, 0.3) is 0 Å². The van der Waals surface area contributed by atoms with E-state index in [4.69, 9.17) is 24.4 Å². The van der Waals surface area contributed by atoms with Gasteiger partial charge in [-0.3, -0.25) is 9.59 Å². The van der Waals surface area contributed by atoms with E-state index < -0.39 is 18.0 Å². The molecule has 0 heterocycles. The molecule has 0 bridgehead atoms. The van der Waals surface area contributed by atoms with Gasteiger partial charge in [-0.15, -0.1) is 0 Å². The molecule has 0 aromatic heterocycles. The number of esters is 1. The number of carbonyl (C=O) groups is 3. The van der Waals surface area contributed by atoms with E-state index in [0.29, 0.717) is 17.7 Å². The number of fused-ring (bicyclic) bond motifs is 1. The number of ketones is 1. The molecule has 9 nitrogen and oxygen atoms in total. The van der Waals surface area contributed by atoms with Crippen molar-refractivity contribution in [2.45, 2.75) is 60.4 Å². The molecule has 1 aromatic rings. The van der Waals surface area contributed by atoms with Crippen molar-refractivity contribution in [1.82, 2.24) is 0 Å². The van der Waals surface area contributed by atoms with Gasteiger partial charge in [0.2, 0.25) is 0 Å². The summed E-state index contributed by atoms with van der Waals surface area (Å²) >= 11 is 0. The summed E-state index contributed by atoms with van der Waals surface area (Å²) in [6, 6.07) is 6.36. The summed E-state index contributed by atoms with van der Waals surface area (Å²) in [6.07, 6.45) is 0.663. The van der Waals surface area contributed by atoms with E-state index in [0.717, 1.165) is 19.5 Å². The van der Waals surface area contributed by atoms with E-state index in [-0.39, 0.29) is 48.5 Å². The number of benzene rings is 1. The Morgan fingerprint density at radius 3 is 2.17 bits per heavy atom. The van der Waals surface area contributed by atoms with Gasteiger partial charge < -0.3 is 34.3 Å². The highest BCUT2D eigenvalue weighted by Gasteiger charge is 2.63. The van der Waals surface area contributed by atoms with Crippen LogP contribution in [0.5, 0.6) is 5.75 Å². The van der Waals surface area contributed by atoms with Gasteiger partial charge in [0.1, 0.15) is 12.0 Å². The van der Waals surface area contributed by atoms with E-state index in [1.165, 1.54) is 13.0 Å². The number of hydrogen-bond acceptors (Lipinski definition) is 9. The summed E-state index contributed by atoms with van der Waals surface area (Å²) in [6.45, 7) is 12.2. The monoisotopic (exact) mass is 510 g/mol. The van der Waals surface area contributed by atoms with Crippen LogP contribution in [-0.2, 0) is 19.1 Å². The van der Waals surface area contributed by atoms with Crippen molar-refractivity contribution in [2.24, 2.45) is 29.1 Å². The zero-order valence-electron chi connectivity index (χ0n) is 22.2. The molecule has 5 atom stereocenters. The lowest BCUT2D eigenvalue weighted by molar-refractivity contribution is -0.131. The van der Waals surface area contributed by atoms with Crippen LogP contribution in [0.2, 0.25) is 0 Å². The maximum absolute atomic E-state index is 12.6. The summed E-state index contributed by atoms with van der Waals surface area (Å²) in [7, 11) is 0. The maximum Gasteiger partial charge on any atom is 0.308 e. The van der Waals surface area contributed by atoms with Gasteiger partial charge >= 0.3 is 5.97 Å². The quantitative estimate of drug-likeness (QED) is 0.142. The lowest BCUT2D eigenvalue weighted by Crippen LogP contribution is -2.28. The van der Waals surface area contributed by atoms with Crippen molar-refractivity contribution < 1.29 is 43.9 Å². The van der Waals surface area contributed by atoms with Crippen LogP contribution in [0.4, 0.5) is 0 Å². The molecule has 0 saturated heterocycles. The second-order valence-corrected chi connectivity index (χ2v) is 9.73. The molecule has 1 aromatic carbocycles. The molecule has 0 aliphatic heterocycles. The molecule has 0 amide bonds. The number of carbonyl (C=O) groups excluding carboxylic acids is 3. The lowest BCUT2D eigenvalue weighted by Gasteiger charge is -2.17. The van der Waals surface area contributed by atoms with Gasteiger partial charge in [0.15, 0.2) is 12.1 Å². The Bertz CT molecular complexity index is 826. The molecule has 2 fully saturated rings. The van der Waals surface area contributed by atoms with E-state index in [1.807, 2.05) is 20.8 Å². The fourth-order valence-electron chi connectivity index (χ4n) is 4.11. The fourth-order valence-corrected chi connectivity index (χ4v) is 4.11. The zero-order chi connectivity index (χ0) is 27.5. The number of Topliss-reactive ketones (excluding diaryl/α,β-unsaturated/α-hetero) is 1. The molecule has 3 rings (SSSR count). The van der Waals surface area contributed by atoms with Crippen molar-refractivity contribution in [2.75, 3.05) is 26.4 Å². The minimum absolute atomic E-state index is 0.0370.